The highest BCUT2D eigenvalue weighted by molar-refractivity contribution is 7.99. The minimum absolute atomic E-state index is 0.0272. The highest BCUT2D eigenvalue weighted by Crippen LogP contribution is 2.25. The van der Waals surface area contributed by atoms with Crippen molar-refractivity contribution in [2.45, 2.75) is 11.8 Å². The lowest BCUT2D eigenvalue weighted by Gasteiger charge is -2.00. The molecule has 0 amide bonds. The summed E-state index contributed by atoms with van der Waals surface area (Å²) in [4.78, 5) is 11.4. The zero-order valence-corrected chi connectivity index (χ0v) is 8.06. The molecule has 0 aromatic carbocycles. The highest BCUT2D eigenvalue weighted by Gasteiger charge is 2.08. The van der Waals surface area contributed by atoms with E-state index in [2.05, 4.69) is 6.58 Å². The van der Waals surface area contributed by atoms with Crippen LogP contribution in [0.3, 0.4) is 0 Å². The van der Waals surface area contributed by atoms with Crippen LogP contribution < -0.4 is 5.63 Å². The van der Waals surface area contributed by atoms with Crippen molar-refractivity contribution in [3.05, 3.63) is 34.9 Å². The van der Waals surface area contributed by atoms with Crippen molar-refractivity contribution in [1.29, 1.82) is 0 Å². The molecule has 0 spiro atoms. The molecule has 0 aliphatic carbocycles. The Morgan fingerprint density at radius 1 is 1.77 bits per heavy atom. The van der Waals surface area contributed by atoms with E-state index in [0.717, 1.165) is 0 Å². The first kappa shape index (κ1) is 9.92. The summed E-state index contributed by atoms with van der Waals surface area (Å²) in [7, 11) is 0. The molecule has 0 aliphatic rings. The molecule has 1 aromatic rings. The first-order valence-corrected chi connectivity index (χ1v) is 4.71. The average molecular weight is 198 g/mol. The van der Waals surface area contributed by atoms with Gasteiger partial charge in [0, 0.05) is 11.8 Å². The van der Waals surface area contributed by atoms with Crippen LogP contribution in [0.4, 0.5) is 0 Å². The number of hydrogen-bond acceptors (Lipinski definition) is 4. The second kappa shape index (κ2) is 4.18. The Kier molecular flexibility index (Phi) is 3.19. The van der Waals surface area contributed by atoms with Gasteiger partial charge in [0.1, 0.15) is 16.4 Å². The monoisotopic (exact) mass is 198 g/mol. The normalized spacial score (nSPS) is 9.92. The van der Waals surface area contributed by atoms with Crippen molar-refractivity contribution in [1.82, 2.24) is 0 Å². The van der Waals surface area contributed by atoms with Crippen LogP contribution in [0.5, 0.6) is 5.75 Å². The standard InChI is InChI=1S/C9H10O3S/c1-3-4-13-8-7(10)5-6(2)12-9(8)11/h3,5,10H,1,4H2,2H3. The van der Waals surface area contributed by atoms with Gasteiger partial charge in [-0.3, -0.25) is 0 Å². The predicted octanol–water partition coefficient (Wildman–Crippen LogP) is 1.93. The number of thioether (sulfide) groups is 1. The summed E-state index contributed by atoms with van der Waals surface area (Å²) in [5.74, 6) is 0.951. The van der Waals surface area contributed by atoms with Gasteiger partial charge in [-0.05, 0) is 6.92 Å². The number of aromatic hydroxyl groups is 1. The molecule has 4 heteroatoms. The van der Waals surface area contributed by atoms with Crippen LogP contribution in [-0.4, -0.2) is 10.9 Å². The van der Waals surface area contributed by atoms with Crippen LogP contribution in [-0.2, 0) is 0 Å². The van der Waals surface area contributed by atoms with E-state index in [1.165, 1.54) is 17.8 Å². The van der Waals surface area contributed by atoms with Crippen LogP contribution in [0.25, 0.3) is 0 Å². The topological polar surface area (TPSA) is 50.4 Å². The summed E-state index contributed by atoms with van der Waals surface area (Å²) >= 11 is 1.21. The molecule has 0 fully saturated rings. The molecule has 13 heavy (non-hydrogen) atoms. The third kappa shape index (κ3) is 2.39. The lowest BCUT2D eigenvalue weighted by molar-refractivity contribution is 0.412. The molecule has 1 N–H and O–H groups in total. The Balaban J connectivity index is 3.06. The first-order valence-electron chi connectivity index (χ1n) is 3.72. The SMILES string of the molecule is C=CCSc1c(O)cc(C)oc1=O. The second-order valence-corrected chi connectivity index (χ2v) is 3.49. The molecule has 70 valence electrons. The van der Waals surface area contributed by atoms with Gasteiger partial charge in [-0.25, -0.2) is 4.79 Å². The fourth-order valence-corrected chi connectivity index (χ4v) is 1.51. The van der Waals surface area contributed by atoms with Crippen molar-refractivity contribution in [2.75, 3.05) is 5.75 Å². The van der Waals surface area contributed by atoms with E-state index in [4.69, 9.17) is 4.42 Å². The van der Waals surface area contributed by atoms with E-state index >= 15 is 0 Å². The van der Waals surface area contributed by atoms with Gasteiger partial charge in [0.15, 0.2) is 0 Å². The predicted molar refractivity (Wildman–Crippen MR) is 52.3 cm³/mol. The maximum Gasteiger partial charge on any atom is 0.353 e. The van der Waals surface area contributed by atoms with Gasteiger partial charge < -0.3 is 9.52 Å². The fourth-order valence-electron chi connectivity index (χ4n) is 0.860. The Morgan fingerprint density at radius 3 is 3.00 bits per heavy atom. The van der Waals surface area contributed by atoms with Crippen LogP contribution >= 0.6 is 11.8 Å². The van der Waals surface area contributed by atoms with E-state index in [1.807, 2.05) is 0 Å². The maximum absolute atomic E-state index is 11.2. The van der Waals surface area contributed by atoms with Gasteiger partial charge in [-0.2, -0.15) is 0 Å². The maximum atomic E-state index is 11.2. The summed E-state index contributed by atoms with van der Waals surface area (Å²) in [5, 5.41) is 9.38. The number of aryl methyl sites for hydroxylation is 1. The molecule has 3 nitrogen and oxygen atoms in total. The third-order valence-electron chi connectivity index (χ3n) is 1.36. The van der Waals surface area contributed by atoms with E-state index in [1.54, 1.807) is 13.0 Å². The Morgan fingerprint density at radius 2 is 2.46 bits per heavy atom. The summed E-state index contributed by atoms with van der Waals surface area (Å²) < 4.78 is 4.82. The average Bonchev–Trinajstić information content (AvgIpc) is 2.02. The van der Waals surface area contributed by atoms with Gasteiger partial charge in [-0.15, -0.1) is 18.3 Å². The van der Waals surface area contributed by atoms with Gasteiger partial charge in [0.25, 0.3) is 0 Å². The third-order valence-corrected chi connectivity index (χ3v) is 2.42. The molecule has 0 unspecified atom stereocenters. The Hall–Kier alpha value is -1.16. The van der Waals surface area contributed by atoms with Gasteiger partial charge in [0.2, 0.25) is 0 Å². The van der Waals surface area contributed by atoms with E-state index < -0.39 is 5.63 Å². The van der Waals surface area contributed by atoms with E-state index in [0.29, 0.717) is 11.5 Å². The smallest absolute Gasteiger partial charge is 0.353 e. The molecule has 0 atom stereocenters. The molecule has 0 saturated carbocycles. The molecule has 1 heterocycles. The van der Waals surface area contributed by atoms with Crippen molar-refractivity contribution >= 4 is 11.8 Å². The van der Waals surface area contributed by atoms with Gasteiger partial charge in [-0.1, -0.05) is 6.08 Å². The molecule has 0 saturated heterocycles. The zero-order chi connectivity index (χ0) is 9.84. The van der Waals surface area contributed by atoms with Crippen molar-refractivity contribution in [3.8, 4) is 5.75 Å². The molecule has 1 aromatic heterocycles. The molecule has 1 rings (SSSR count). The van der Waals surface area contributed by atoms with Crippen LogP contribution in [0, 0.1) is 6.92 Å². The van der Waals surface area contributed by atoms with Crippen molar-refractivity contribution in [2.24, 2.45) is 0 Å². The minimum atomic E-state index is -0.496. The zero-order valence-electron chi connectivity index (χ0n) is 7.24. The molecule has 0 aliphatic heterocycles. The Bertz CT molecular complexity index is 368. The molecular formula is C9H10O3S. The molecule has 0 bridgehead atoms. The summed E-state index contributed by atoms with van der Waals surface area (Å²) in [6.45, 7) is 5.13. The lowest BCUT2D eigenvalue weighted by atomic mass is 10.4. The van der Waals surface area contributed by atoms with Crippen LogP contribution in [0.1, 0.15) is 5.76 Å². The minimum Gasteiger partial charge on any atom is -0.506 e. The van der Waals surface area contributed by atoms with Crippen molar-refractivity contribution in [3.63, 3.8) is 0 Å². The highest BCUT2D eigenvalue weighted by atomic mass is 32.2. The fraction of sp³-hybridized carbons (Fsp3) is 0.222. The quantitative estimate of drug-likeness (QED) is 0.595. The molecule has 0 radical (unpaired) electrons. The van der Waals surface area contributed by atoms with Gasteiger partial charge >= 0.3 is 5.63 Å². The largest absolute Gasteiger partial charge is 0.506 e. The summed E-state index contributed by atoms with van der Waals surface area (Å²) in [6, 6.07) is 1.42. The second-order valence-electron chi connectivity index (χ2n) is 2.46. The Labute approximate surface area is 80.1 Å². The summed E-state index contributed by atoms with van der Waals surface area (Å²) in [5.41, 5.74) is -0.496. The number of hydrogen-bond donors (Lipinski definition) is 1. The van der Waals surface area contributed by atoms with E-state index in [-0.39, 0.29) is 10.6 Å². The van der Waals surface area contributed by atoms with Crippen molar-refractivity contribution < 1.29 is 9.52 Å². The lowest BCUT2D eigenvalue weighted by Crippen LogP contribution is -2.02. The first-order chi connectivity index (χ1) is 6.15. The summed E-state index contributed by atoms with van der Waals surface area (Å²) in [6.07, 6.45) is 1.66. The van der Waals surface area contributed by atoms with Gasteiger partial charge in [0.05, 0.1) is 0 Å². The van der Waals surface area contributed by atoms with Crippen LogP contribution in [0.2, 0.25) is 0 Å². The molecular weight excluding hydrogens is 188 g/mol. The van der Waals surface area contributed by atoms with E-state index in [9.17, 15) is 9.90 Å². The number of rotatable bonds is 3. The van der Waals surface area contributed by atoms with Crippen LogP contribution in [0.15, 0.2) is 32.8 Å².